The van der Waals surface area contributed by atoms with Crippen molar-refractivity contribution in [3.05, 3.63) is 29.8 Å². The van der Waals surface area contributed by atoms with Crippen molar-refractivity contribution in [1.82, 2.24) is 4.90 Å². The number of benzene rings is 1. The number of nitrogens with zero attached hydrogens (tertiary/aromatic N) is 1. The lowest BCUT2D eigenvalue weighted by molar-refractivity contribution is 0.248. The van der Waals surface area contributed by atoms with E-state index < -0.39 is 0 Å². The van der Waals surface area contributed by atoms with E-state index in [1.54, 1.807) is 0 Å². The molecule has 2 N–H and O–H groups in total. The lowest BCUT2D eigenvalue weighted by Gasteiger charge is -2.18. The van der Waals surface area contributed by atoms with Crippen LogP contribution in [-0.2, 0) is 6.54 Å². The summed E-state index contributed by atoms with van der Waals surface area (Å²) in [4.78, 5) is 2.40. The fraction of sp³-hybridized carbons (Fsp3) is 0.571. The van der Waals surface area contributed by atoms with Crippen molar-refractivity contribution < 1.29 is 4.74 Å². The van der Waals surface area contributed by atoms with Gasteiger partial charge in [0.05, 0.1) is 6.61 Å². The minimum atomic E-state index is 0.534. The maximum Gasteiger partial charge on any atom is 0.123 e. The van der Waals surface area contributed by atoms with Gasteiger partial charge in [-0.25, -0.2) is 0 Å². The SMILES string of the molecule is CCN(CC)CCCOc1ccccc1CN. The third-order valence-corrected chi connectivity index (χ3v) is 2.96. The summed E-state index contributed by atoms with van der Waals surface area (Å²) < 4.78 is 5.76. The van der Waals surface area contributed by atoms with E-state index in [0.29, 0.717) is 6.54 Å². The minimum absolute atomic E-state index is 0.534. The first kappa shape index (κ1) is 14.0. The Morgan fingerprint density at radius 1 is 1.18 bits per heavy atom. The number of hydrogen-bond donors (Lipinski definition) is 1. The zero-order valence-corrected chi connectivity index (χ0v) is 11.0. The Balaban J connectivity index is 2.30. The minimum Gasteiger partial charge on any atom is -0.493 e. The molecule has 96 valence electrons. The Hall–Kier alpha value is -1.06. The Labute approximate surface area is 105 Å². The largest absolute Gasteiger partial charge is 0.493 e. The average Bonchev–Trinajstić information content (AvgIpc) is 2.39. The van der Waals surface area contributed by atoms with Crippen LogP contribution in [0.2, 0.25) is 0 Å². The molecule has 1 rings (SSSR count). The Morgan fingerprint density at radius 3 is 2.53 bits per heavy atom. The van der Waals surface area contributed by atoms with E-state index >= 15 is 0 Å². The number of rotatable bonds is 8. The summed E-state index contributed by atoms with van der Waals surface area (Å²) in [7, 11) is 0. The highest BCUT2D eigenvalue weighted by atomic mass is 16.5. The third-order valence-electron chi connectivity index (χ3n) is 2.96. The molecule has 0 atom stereocenters. The summed E-state index contributed by atoms with van der Waals surface area (Å²) in [5.41, 5.74) is 6.74. The second-order valence-corrected chi connectivity index (χ2v) is 4.04. The molecule has 3 heteroatoms. The van der Waals surface area contributed by atoms with Crippen LogP contribution in [0, 0.1) is 0 Å². The molecule has 1 aromatic carbocycles. The molecule has 3 nitrogen and oxygen atoms in total. The second kappa shape index (κ2) is 8.09. The van der Waals surface area contributed by atoms with Crippen molar-refractivity contribution >= 4 is 0 Å². The van der Waals surface area contributed by atoms with Crippen molar-refractivity contribution in [1.29, 1.82) is 0 Å². The van der Waals surface area contributed by atoms with Crippen LogP contribution in [0.3, 0.4) is 0 Å². The molecule has 0 unspecified atom stereocenters. The normalized spacial score (nSPS) is 10.8. The Kier molecular flexibility index (Phi) is 6.67. The van der Waals surface area contributed by atoms with E-state index in [9.17, 15) is 0 Å². The molecule has 0 heterocycles. The molecule has 0 spiro atoms. The van der Waals surface area contributed by atoms with Crippen molar-refractivity contribution in [3.63, 3.8) is 0 Å². The molecule has 0 aliphatic rings. The van der Waals surface area contributed by atoms with E-state index in [4.69, 9.17) is 10.5 Å². The van der Waals surface area contributed by atoms with Gasteiger partial charge in [0.25, 0.3) is 0 Å². The van der Waals surface area contributed by atoms with Crippen LogP contribution in [0.4, 0.5) is 0 Å². The van der Waals surface area contributed by atoms with Crippen molar-refractivity contribution in [2.45, 2.75) is 26.8 Å². The van der Waals surface area contributed by atoms with Gasteiger partial charge in [0, 0.05) is 18.7 Å². The number of nitrogens with two attached hydrogens (primary N) is 1. The van der Waals surface area contributed by atoms with Gasteiger partial charge in [-0.15, -0.1) is 0 Å². The Morgan fingerprint density at radius 2 is 1.88 bits per heavy atom. The zero-order valence-electron chi connectivity index (χ0n) is 11.0. The van der Waals surface area contributed by atoms with Gasteiger partial charge < -0.3 is 15.4 Å². The van der Waals surface area contributed by atoms with Crippen molar-refractivity contribution in [2.75, 3.05) is 26.2 Å². The van der Waals surface area contributed by atoms with E-state index in [2.05, 4.69) is 18.7 Å². The fourth-order valence-corrected chi connectivity index (χ4v) is 1.82. The number of ether oxygens (including phenoxy) is 1. The van der Waals surface area contributed by atoms with Gasteiger partial charge in [-0.2, -0.15) is 0 Å². The molecule has 0 aromatic heterocycles. The highest BCUT2D eigenvalue weighted by molar-refractivity contribution is 5.32. The summed E-state index contributed by atoms with van der Waals surface area (Å²) in [5.74, 6) is 0.926. The van der Waals surface area contributed by atoms with Crippen molar-refractivity contribution in [3.8, 4) is 5.75 Å². The summed E-state index contributed by atoms with van der Waals surface area (Å²) in [5, 5.41) is 0. The molecule has 0 fully saturated rings. The quantitative estimate of drug-likeness (QED) is 0.704. The predicted octanol–water partition coefficient (Wildman–Crippen LogP) is 2.26. The van der Waals surface area contributed by atoms with Gasteiger partial charge in [0.15, 0.2) is 0 Å². The lowest BCUT2D eigenvalue weighted by atomic mass is 10.2. The van der Waals surface area contributed by atoms with E-state index in [0.717, 1.165) is 44.0 Å². The first-order valence-electron chi connectivity index (χ1n) is 6.44. The Bertz CT molecular complexity index is 311. The molecule has 0 saturated heterocycles. The molecular weight excluding hydrogens is 212 g/mol. The van der Waals surface area contributed by atoms with Crippen LogP contribution in [-0.4, -0.2) is 31.1 Å². The van der Waals surface area contributed by atoms with Gasteiger partial charge in [-0.3, -0.25) is 0 Å². The molecule has 0 bridgehead atoms. The van der Waals surface area contributed by atoms with Crippen molar-refractivity contribution in [2.24, 2.45) is 5.73 Å². The second-order valence-electron chi connectivity index (χ2n) is 4.04. The maximum atomic E-state index is 5.76. The lowest BCUT2D eigenvalue weighted by Crippen LogP contribution is -2.25. The fourth-order valence-electron chi connectivity index (χ4n) is 1.82. The van der Waals surface area contributed by atoms with Crippen LogP contribution >= 0.6 is 0 Å². The third kappa shape index (κ3) is 4.75. The van der Waals surface area contributed by atoms with Crippen LogP contribution in [0.15, 0.2) is 24.3 Å². The molecule has 0 amide bonds. The van der Waals surface area contributed by atoms with Crippen LogP contribution < -0.4 is 10.5 Å². The molecular formula is C14H24N2O. The topological polar surface area (TPSA) is 38.5 Å². The van der Waals surface area contributed by atoms with Gasteiger partial charge >= 0.3 is 0 Å². The predicted molar refractivity (Wildman–Crippen MR) is 72.2 cm³/mol. The first-order valence-corrected chi connectivity index (χ1v) is 6.44. The van der Waals surface area contributed by atoms with Gasteiger partial charge in [-0.05, 0) is 25.6 Å². The summed E-state index contributed by atoms with van der Waals surface area (Å²) in [6.45, 7) is 8.98. The molecule has 0 radical (unpaired) electrons. The van der Waals surface area contributed by atoms with Crippen LogP contribution in [0.1, 0.15) is 25.8 Å². The van der Waals surface area contributed by atoms with E-state index in [1.807, 2.05) is 24.3 Å². The smallest absolute Gasteiger partial charge is 0.123 e. The van der Waals surface area contributed by atoms with E-state index in [1.165, 1.54) is 0 Å². The summed E-state index contributed by atoms with van der Waals surface area (Å²) in [6, 6.07) is 7.98. The van der Waals surface area contributed by atoms with Gasteiger partial charge in [0.2, 0.25) is 0 Å². The monoisotopic (exact) mass is 236 g/mol. The standard InChI is InChI=1S/C14H24N2O/c1-3-16(4-2)10-7-11-17-14-9-6-5-8-13(14)12-15/h5-6,8-9H,3-4,7,10-12,15H2,1-2H3. The molecule has 1 aromatic rings. The van der Waals surface area contributed by atoms with Gasteiger partial charge in [-0.1, -0.05) is 32.0 Å². The molecule has 0 aliphatic heterocycles. The molecule has 17 heavy (non-hydrogen) atoms. The first-order chi connectivity index (χ1) is 8.31. The maximum absolute atomic E-state index is 5.76. The molecule has 0 aliphatic carbocycles. The number of hydrogen-bond acceptors (Lipinski definition) is 3. The zero-order chi connectivity index (χ0) is 12.5. The van der Waals surface area contributed by atoms with Crippen LogP contribution in [0.5, 0.6) is 5.75 Å². The summed E-state index contributed by atoms with van der Waals surface area (Å²) in [6.07, 6.45) is 1.06. The molecule has 0 saturated carbocycles. The van der Waals surface area contributed by atoms with E-state index in [-0.39, 0.29) is 0 Å². The highest BCUT2D eigenvalue weighted by Crippen LogP contribution is 2.17. The van der Waals surface area contributed by atoms with Gasteiger partial charge in [0.1, 0.15) is 5.75 Å². The highest BCUT2D eigenvalue weighted by Gasteiger charge is 2.02. The van der Waals surface area contributed by atoms with Crippen LogP contribution in [0.25, 0.3) is 0 Å². The summed E-state index contributed by atoms with van der Waals surface area (Å²) >= 11 is 0. The number of para-hydroxylation sites is 1. The average molecular weight is 236 g/mol.